The van der Waals surface area contributed by atoms with Crippen molar-refractivity contribution in [2.24, 2.45) is 16.6 Å². The average molecular weight is 415 g/mol. The number of benzene rings is 1. The van der Waals surface area contributed by atoms with Crippen LogP contribution in [-0.4, -0.2) is 36.5 Å². The summed E-state index contributed by atoms with van der Waals surface area (Å²) < 4.78 is 5.46. The molecule has 0 radical (unpaired) electrons. The maximum atomic E-state index is 12.3. The minimum atomic E-state index is -0.910. The van der Waals surface area contributed by atoms with E-state index in [2.05, 4.69) is 15.3 Å². The zero-order chi connectivity index (χ0) is 22.3. The van der Waals surface area contributed by atoms with Crippen LogP contribution < -0.4 is 16.8 Å². The molecule has 1 aromatic carbocycles. The molecule has 2 amide bonds. The SMILES string of the molecule is CCC1=C(C(N)=O)C(c2ccc([N+](=O)[O-])cc2)C(C(N)=O)=C(COCCN=[N+]=[N-])N1. The molecule has 1 aliphatic rings. The molecule has 30 heavy (non-hydrogen) atoms. The van der Waals surface area contributed by atoms with Crippen molar-refractivity contribution in [1.29, 1.82) is 0 Å². The molecule has 1 atom stereocenters. The number of nitro groups is 1. The molecule has 0 aromatic heterocycles. The Morgan fingerprint density at radius 3 is 2.33 bits per heavy atom. The van der Waals surface area contributed by atoms with Gasteiger partial charge in [0.05, 0.1) is 29.4 Å². The molecule has 0 aliphatic carbocycles. The van der Waals surface area contributed by atoms with Gasteiger partial charge in [-0.1, -0.05) is 24.2 Å². The molecular formula is C18H21N7O5. The third-order valence-corrected chi connectivity index (χ3v) is 4.50. The van der Waals surface area contributed by atoms with Crippen LogP contribution in [0.3, 0.4) is 0 Å². The van der Waals surface area contributed by atoms with Crippen molar-refractivity contribution >= 4 is 17.5 Å². The Balaban J connectivity index is 2.55. The Labute approximate surface area is 171 Å². The maximum Gasteiger partial charge on any atom is 0.269 e. The van der Waals surface area contributed by atoms with E-state index in [-0.39, 0.29) is 36.6 Å². The second kappa shape index (κ2) is 10.0. The van der Waals surface area contributed by atoms with Crippen molar-refractivity contribution in [1.82, 2.24) is 5.32 Å². The minimum absolute atomic E-state index is 0.0573. The van der Waals surface area contributed by atoms with Crippen molar-refractivity contribution in [2.75, 3.05) is 19.8 Å². The number of hydrogen-bond acceptors (Lipinski definition) is 7. The van der Waals surface area contributed by atoms with Crippen molar-refractivity contribution in [3.05, 3.63) is 72.9 Å². The third-order valence-electron chi connectivity index (χ3n) is 4.50. The van der Waals surface area contributed by atoms with Crippen molar-refractivity contribution in [3.63, 3.8) is 0 Å². The number of amides is 2. The highest BCUT2D eigenvalue weighted by Crippen LogP contribution is 2.39. The summed E-state index contributed by atoms with van der Waals surface area (Å²) in [5.74, 6) is -2.45. The number of rotatable bonds is 10. The summed E-state index contributed by atoms with van der Waals surface area (Å²) in [4.78, 5) is 37.6. The number of hydrogen-bond donors (Lipinski definition) is 3. The number of nitrogens with one attached hydrogen (secondary N) is 1. The van der Waals surface area contributed by atoms with E-state index in [1.165, 1.54) is 24.3 Å². The van der Waals surface area contributed by atoms with Gasteiger partial charge in [-0.3, -0.25) is 19.7 Å². The Morgan fingerprint density at radius 2 is 1.83 bits per heavy atom. The Hall–Kier alpha value is -3.89. The predicted octanol–water partition coefficient (Wildman–Crippen LogP) is 1.50. The number of dihydropyridines is 1. The summed E-state index contributed by atoms with van der Waals surface area (Å²) >= 11 is 0. The maximum absolute atomic E-state index is 12.3. The lowest BCUT2D eigenvalue weighted by molar-refractivity contribution is -0.384. The van der Waals surface area contributed by atoms with Crippen molar-refractivity contribution in [3.8, 4) is 0 Å². The molecule has 12 nitrogen and oxygen atoms in total. The number of nitro benzene ring substituents is 1. The largest absolute Gasteiger partial charge is 0.375 e. The lowest BCUT2D eigenvalue weighted by atomic mass is 9.79. The molecule has 5 N–H and O–H groups in total. The van der Waals surface area contributed by atoms with Crippen LogP contribution in [0.15, 0.2) is 51.9 Å². The Bertz CT molecular complexity index is 962. The quantitative estimate of drug-likeness (QED) is 0.129. The average Bonchev–Trinajstić information content (AvgIpc) is 2.72. The first-order valence-corrected chi connectivity index (χ1v) is 8.97. The van der Waals surface area contributed by atoms with Crippen LogP contribution in [0.25, 0.3) is 10.4 Å². The van der Waals surface area contributed by atoms with E-state index in [1.807, 2.05) is 0 Å². The van der Waals surface area contributed by atoms with Crippen LogP contribution in [0.2, 0.25) is 0 Å². The van der Waals surface area contributed by atoms with Crippen LogP contribution in [0.1, 0.15) is 24.8 Å². The van der Waals surface area contributed by atoms with Gasteiger partial charge in [0.2, 0.25) is 11.8 Å². The van der Waals surface area contributed by atoms with E-state index in [0.717, 1.165) is 0 Å². The summed E-state index contributed by atoms with van der Waals surface area (Å²) in [5, 5.41) is 17.3. The minimum Gasteiger partial charge on any atom is -0.375 e. The molecule has 0 fully saturated rings. The monoisotopic (exact) mass is 415 g/mol. The lowest BCUT2D eigenvalue weighted by Gasteiger charge is -2.31. The molecule has 0 spiro atoms. The van der Waals surface area contributed by atoms with Gasteiger partial charge < -0.3 is 21.5 Å². The normalized spacial score (nSPS) is 16.0. The van der Waals surface area contributed by atoms with Crippen LogP contribution in [0.5, 0.6) is 0 Å². The van der Waals surface area contributed by atoms with Gasteiger partial charge in [0.1, 0.15) is 0 Å². The van der Waals surface area contributed by atoms with E-state index >= 15 is 0 Å². The summed E-state index contributed by atoms with van der Waals surface area (Å²) in [5.41, 5.74) is 20.9. The van der Waals surface area contributed by atoms with Crippen LogP contribution in [0, 0.1) is 10.1 Å². The highest BCUT2D eigenvalue weighted by molar-refractivity contribution is 6.02. The number of carbonyl (C=O) groups is 2. The van der Waals surface area contributed by atoms with Crippen LogP contribution >= 0.6 is 0 Å². The zero-order valence-electron chi connectivity index (χ0n) is 16.2. The number of azide groups is 1. The number of carbonyl (C=O) groups excluding carboxylic acids is 2. The van der Waals surface area contributed by atoms with E-state index in [4.69, 9.17) is 21.7 Å². The third kappa shape index (κ3) is 4.93. The lowest BCUT2D eigenvalue weighted by Crippen LogP contribution is -2.38. The predicted molar refractivity (Wildman–Crippen MR) is 107 cm³/mol. The van der Waals surface area contributed by atoms with Gasteiger partial charge in [-0.2, -0.15) is 0 Å². The van der Waals surface area contributed by atoms with Crippen LogP contribution in [0.4, 0.5) is 5.69 Å². The van der Waals surface area contributed by atoms with Gasteiger partial charge in [0.15, 0.2) is 0 Å². The van der Waals surface area contributed by atoms with Crippen LogP contribution in [-0.2, 0) is 14.3 Å². The molecule has 12 heteroatoms. The molecule has 158 valence electrons. The second-order valence-electron chi connectivity index (χ2n) is 6.28. The number of primary amides is 2. The molecule has 2 rings (SSSR count). The number of allylic oxidation sites excluding steroid dienone is 1. The first kappa shape index (κ1) is 22.4. The second-order valence-corrected chi connectivity index (χ2v) is 6.28. The Kier molecular flexibility index (Phi) is 7.50. The zero-order valence-corrected chi connectivity index (χ0v) is 16.2. The summed E-state index contributed by atoms with van der Waals surface area (Å²) in [6.07, 6.45) is 0.399. The number of nitrogens with zero attached hydrogens (tertiary/aromatic N) is 4. The topological polar surface area (TPSA) is 199 Å². The summed E-state index contributed by atoms with van der Waals surface area (Å²) in [7, 11) is 0. The molecule has 1 aromatic rings. The molecule has 0 bridgehead atoms. The first-order chi connectivity index (χ1) is 14.3. The van der Waals surface area contributed by atoms with E-state index in [0.29, 0.717) is 23.4 Å². The highest BCUT2D eigenvalue weighted by Gasteiger charge is 2.36. The number of non-ortho nitro benzene ring substituents is 1. The van der Waals surface area contributed by atoms with Gasteiger partial charge >= 0.3 is 0 Å². The van der Waals surface area contributed by atoms with Gasteiger partial charge in [-0.05, 0) is 17.5 Å². The van der Waals surface area contributed by atoms with Crippen molar-refractivity contribution < 1.29 is 19.2 Å². The highest BCUT2D eigenvalue weighted by atomic mass is 16.6. The van der Waals surface area contributed by atoms with Crippen molar-refractivity contribution in [2.45, 2.75) is 19.3 Å². The van der Waals surface area contributed by atoms with Gasteiger partial charge in [0, 0.05) is 40.8 Å². The Morgan fingerprint density at radius 1 is 1.23 bits per heavy atom. The fourth-order valence-electron chi connectivity index (χ4n) is 3.23. The van der Waals surface area contributed by atoms with E-state index in [9.17, 15) is 19.7 Å². The molecule has 0 saturated heterocycles. The fraction of sp³-hybridized carbons (Fsp3) is 0.333. The molecule has 1 heterocycles. The van der Waals surface area contributed by atoms with Gasteiger partial charge in [0.25, 0.3) is 5.69 Å². The molecule has 1 aliphatic heterocycles. The first-order valence-electron chi connectivity index (χ1n) is 8.97. The molecule has 0 saturated carbocycles. The standard InChI is InChI=1S/C18H21N7O5/c1-2-12-15(17(19)26)14(10-3-5-11(6-4-10)25(28)29)16(18(20)27)13(23-12)9-30-8-7-22-24-21/h3-6,14,23H,2,7-9H2,1H3,(H2,19,26)(H2,20,27). The van der Waals surface area contributed by atoms with Gasteiger partial charge in [-0.15, -0.1) is 0 Å². The smallest absolute Gasteiger partial charge is 0.269 e. The molecule has 1 unspecified atom stereocenters. The number of nitrogens with two attached hydrogens (primary N) is 2. The van der Waals surface area contributed by atoms with E-state index in [1.54, 1.807) is 6.92 Å². The summed E-state index contributed by atoms with van der Waals surface area (Å²) in [6, 6.07) is 5.45. The summed E-state index contributed by atoms with van der Waals surface area (Å²) in [6.45, 7) is 1.95. The van der Waals surface area contributed by atoms with E-state index < -0.39 is 22.7 Å². The van der Waals surface area contributed by atoms with Gasteiger partial charge in [-0.25, -0.2) is 0 Å². The number of ether oxygens (including phenoxy) is 1. The molecular weight excluding hydrogens is 394 g/mol. The fourth-order valence-corrected chi connectivity index (χ4v) is 3.23.